The van der Waals surface area contributed by atoms with E-state index in [1.165, 1.54) is 36.0 Å². The third kappa shape index (κ3) is 5.56. The molecule has 1 N–H and O–H groups in total. The number of hydrogen-bond donors (Lipinski definition) is 1. The summed E-state index contributed by atoms with van der Waals surface area (Å²) in [7, 11) is 1.56. The van der Waals surface area contributed by atoms with Crippen LogP contribution in [0, 0.1) is 11.6 Å². The van der Waals surface area contributed by atoms with Crippen LogP contribution in [0.1, 0.15) is 21.7 Å². The molecule has 0 aliphatic carbocycles. The molecule has 3 aromatic carbocycles. The van der Waals surface area contributed by atoms with Gasteiger partial charge in [0.05, 0.1) is 13.7 Å². The highest BCUT2D eigenvalue weighted by atomic mass is 32.2. The summed E-state index contributed by atoms with van der Waals surface area (Å²) in [5, 5.41) is 11.8. The van der Waals surface area contributed by atoms with Crippen LogP contribution in [0.3, 0.4) is 0 Å². The Labute approximate surface area is 193 Å². The molecule has 0 unspecified atom stereocenters. The van der Waals surface area contributed by atoms with Gasteiger partial charge in [-0.2, -0.15) is 0 Å². The van der Waals surface area contributed by atoms with Crippen LogP contribution in [0.5, 0.6) is 5.75 Å². The lowest BCUT2D eigenvalue weighted by atomic mass is 10.2. The number of amides is 1. The summed E-state index contributed by atoms with van der Waals surface area (Å²) in [5.41, 5.74) is 1.92. The molecule has 1 amide bonds. The predicted molar refractivity (Wildman–Crippen MR) is 121 cm³/mol. The Balaban J connectivity index is 1.55. The van der Waals surface area contributed by atoms with Crippen molar-refractivity contribution < 1.29 is 18.3 Å². The summed E-state index contributed by atoms with van der Waals surface area (Å²) < 4.78 is 33.9. The molecule has 0 aliphatic rings. The number of rotatable bonds is 8. The van der Waals surface area contributed by atoms with Crippen molar-refractivity contribution in [2.45, 2.75) is 17.5 Å². The summed E-state index contributed by atoms with van der Waals surface area (Å²) in [6.45, 7) is 0.107. The van der Waals surface area contributed by atoms with Crippen LogP contribution in [-0.4, -0.2) is 27.8 Å². The van der Waals surface area contributed by atoms with Gasteiger partial charge >= 0.3 is 0 Å². The smallest absolute Gasteiger partial charge is 0.251 e. The van der Waals surface area contributed by atoms with Crippen LogP contribution in [-0.2, 0) is 12.3 Å². The van der Waals surface area contributed by atoms with Crippen LogP contribution < -0.4 is 10.1 Å². The largest absolute Gasteiger partial charge is 0.497 e. The number of carbonyl (C=O) groups excluding carboxylic acids is 1. The van der Waals surface area contributed by atoms with Crippen LogP contribution in [0.4, 0.5) is 8.78 Å². The van der Waals surface area contributed by atoms with Crippen molar-refractivity contribution in [2.24, 2.45) is 0 Å². The molecular weight excluding hydrogens is 446 g/mol. The molecule has 0 saturated heterocycles. The highest BCUT2D eigenvalue weighted by Gasteiger charge is 2.16. The summed E-state index contributed by atoms with van der Waals surface area (Å²) in [5.74, 6) is 0.646. The first kappa shape index (κ1) is 22.5. The number of methoxy groups -OCH3 is 1. The van der Waals surface area contributed by atoms with Crippen LogP contribution in [0.25, 0.3) is 5.69 Å². The van der Waals surface area contributed by atoms with Crippen LogP contribution >= 0.6 is 11.8 Å². The zero-order valence-electron chi connectivity index (χ0n) is 17.7. The van der Waals surface area contributed by atoms with Gasteiger partial charge in [0.15, 0.2) is 11.0 Å². The minimum Gasteiger partial charge on any atom is -0.497 e. The lowest BCUT2D eigenvalue weighted by molar-refractivity contribution is 0.0949. The van der Waals surface area contributed by atoms with Gasteiger partial charge in [0, 0.05) is 17.0 Å². The fraction of sp³-hybridized carbons (Fsp3) is 0.125. The monoisotopic (exact) mass is 466 g/mol. The first-order valence-electron chi connectivity index (χ1n) is 10.0. The molecule has 0 bridgehead atoms. The number of carbonyl (C=O) groups is 1. The fourth-order valence-electron chi connectivity index (χ4n) is 3.14. The maximum atomic E-state index is 13.5. The molecule has 0 saturated carbocycles. The van der Waals surface area contributed by atoms with E-state index in [-0.39, 0.29) is 24.1 Å². The van der Waals surface area contributed by atoms with Crippen molar-refractivity contribution >= 4 is 17.7 Å². The lowest BCUT2D eigenvalue weighted by Crippen LogP contribution is -2.24. The van der Waals surface area contributed by atoms with E-state index in [1.807, 2.05) is 6.07 Å². The van der Waals surface area contributed by atoms with Crippen LogP contribution in [0.15, 0.2) is 78.0 Å². The Morgan fingerprint density at radius 3 is 2.45 bits per heavy atom. The van der Waals surface area contributed by atoms with E-state index in [9.17, 15) is 13.6 Å². The van der Waals surface area contributed by atoms with Gasteiger partial charge in [-0.05, 0) is 66.2 Å². The van der Waals surface area contributed by atoms with E-state index in [4.69, 9.17) is 4.74 Å². The SMILES string of the molecule is COc1ccc(C(=O)NCc2nnc(SCc3cccc(F)c3)n2-c2ccc(F)cc2)cc1. The summed E-state index contributed by atoms with van der Waals surface area (Å²) in [6.07, 6.45) is 0. The topological polar surface area (TPSA) is 69.0 Å². The number of nitrogens with one attached hydrogen (secondary N) is 1. The molecule has 168 valence electrons. The molecule has 6 nitrogen and oxygen atoms in total. The van der Waals surface area contributed by atoms with Gasteiger partial charge in [-0.1, -0.05) is 23.9 Å². The second-order valence-electron chi connectivity index (χ2n) is 7.04. The fourth-order valence-corrected chi connectivity index (χ4v) is 4.05. The van der Waals surface area contributed by atoms with Gasteiger partial charge in [0.1, 0.15) is 17.4 Å². The molecule has 1 heterocycles. The minimum atomic E-state index is -0.366. The van der Waals surface area contributed by atoms with E-state index in [0.29, 0.717) is 33.7 Å². The minimum absolute atomic E-state index is 0.107. The number of ether oxygens (including phenoxy) is 1. The van der Waals surface area contributed by atoms with Crippen molar-refractivity contribution in [1.82, 2.24) is 20.1 Å². The average Bonchev–Trinajstić information content (AvgIpc) is 3.24. The Morgan fingerprint density at radius 2 is 1.76 bits per heavy atom. The number of thioether (sulfide) groups is 1. The number of benzene rings is 3. The van der Waals surface area contributed by atoms with E-state index in [1.54, 1.807) is 54.1 Å². The zero-order valence-corrected chi connectivity index (χ0v) is 18.5. The number of hydrogen-bond acceptors (Lipinski definition) is 5. The summed E-state index contributed by atoms with van der Waals surface area (Å²) >= 11 is 1.37. The Morgan fingerprint density at radius 1 is 1.00 bits per heavy atom. The molecule has 1 aromatic heterocycles. The second-order valence-corrected chi connectivity index (χ2v) is 7.98. The molecular formula is C24H20F2N4O2S. The van der Waals surface area contributed by atoms with Crippen molar-refractivity contribution in [3.63, 3.8) is 0 Å². The Bertz CT molecular complexity index is 1240. The van der Waals surface area contributed by atoms with E-state index >= 15 is 0 Å². The van der Waals surface area contributed by atoms with E-state index < -0.39 is 0 Å². The van der Waals surface area contributed by atoms with Crippen LogP contribution in [0.2, 0.25) is 0 Å². The Kier molecular flexibility index (Phi) is 6.99. The molecule has 0 fully saturated rings. The second kappa shape index (κ2) is 10.3. The van der Waals surface area contributed by atoms with Gasteiger partial charge < -0.3 is 10.1 Å². The molecule has 0 radical (unpaired) electrons. The highest BCUT2D eigenvalue weighted by Crippen LogP contribution is 2.26. The number of nitrogens with zero attached hydrogens (tertiary/aromatic N) is 3. The normalized spacial score (nSPS) is 10.8. The third-order valence-corrected chi connectivity index (χ3v) is 5.80. The van der Waals surface area contributed by atoms with Gasteiger partial charge in [-0.3, -0.25) is 9.36 Å². The maximum Gasteiger partial charge on any atom is 0.251 e. The van der Waals surface area contributed by atoms with E-state index in [2.05, 4.69) is 15.5 Å². The molecule has 33 heavy (non-hydrogen) atoms. The van der Waals surface area contributed by atoms with Crippen molar-refractivity contribution in [2.75, 3.05) is 7.11 Å². The average molecular weight is 467 g/mol. The molecule has 4 rings (SSSR count). The third-order valence-electron chi connectivity index (χ3n) is 4.80. The maximum absolute atomic E-state index is 13.5. The summed E-state index contributed by atoms with van der Waals surface area (Å²) in [4.78, 5) is 12.6. The van der Waals surface area contributed by atoms with Crippen molar-refractivity contribution in [3.05, 3.63) is 101 Å². The lowest BCUT2D eigenvalue weighted by Gasteiger charge is -2.11. The Hall–Kier alpha value is -3.72. The summed E-state index contributed by atoms with van der Waals surface area (Å²) in [6, 6.07) is 19.0. The molecule has 0 aliphatic heterocycles. The van der Waals surface area contributed by atoms with Gasteiger partial charge in [0.2, 0.25) is 0 Å². The molecule has 9 heteroatoms. The molecule has 0 atom stereocenters. The zero-order chi connectivity index (χ0) is 23.2. The predicted octanol–water partition coefficient (Wildman–Crippen LogP) is 4.78. The first-order valence-corrected chi connectivity index (χ1v) is 11.0. The van der Waals surface area contributed by atoms with E-state index in [0.717, 1.165) is 5.56 Å². The van der Waals surface area contributed by atoms with Gasteiger partial charge in [0.25, 0.3) is 5.91 Å². The quantitative estimate of drug-likeness (QED) is 0.379. The van der Waals surface area contributed by atoms with Crippen molar-refractivity contribution in [3.8, 4) is 11.4 Å². The highest BCUT2D eigenvalue weighted by molar-refractivity contribution is 7.98. The van der Waals surface area contributed by atoms with Gasteiger partial charge in [-0.25, -0.2) is 8.78 Å². The molecule has 0 spiro atoms. The number of aromatic nitrogens is 3. The van der Waals surface area contributed by atoms with Gasteiger partial charge in [-0.15, -0.1) is 10.2 Å². The van der Waals surface area contributed by atoms with Crippen molar-refractivity contribution in [1.29, 1.82) is 0 Å². The number of halogens is 2. The first-order chi connectivity index (χ1) is 16.0. The molecule has 4 aromatic rings. The standard InChI is InChI=1S/C24H20F2N4O2S/c1-32-21-11-5-17(6-12-21)23(31)27-14-22-28-29-24(30(22)20-9-7-18(25)8-10-20)33-15-16-3-2-4-19(26)13-16/h2-13H,14-15H2,1H3,(H,27,31).